The molecule has 7 heteroatoms. The fraction of sp³-hybridized carbons (Fsp3) is 0.217. The molecule has 6 nitrogen and oxygen atoms in total. The quantitative estimate of drug-likeness (QED) is 0.643. The van der Waals surface area contributed by atoms with Gasteiger partial charge >= 0.3 is 5.97 Å². The topological polar surface area (TPSA) is 94.6 Å². The molecule has 2 N–H and O–H groups in total. The van der Waals surface area contributed by atoms with Crippen LogP contribution >= 0.6 is 11.6 Å². The molecular formula is C23H21ClN2O4. The number of hydrogen-bond acceptors (Lipinski definition) is 6. The first-order valence-corrected chi connectivity index (χ1v) is 9.87. The summed E-state index contributed by atoms with van der Waals surface area (Å²) >= 11 is 5.92. The minimum atomic E-state index is -0.716. The van der Waals surface area contributed by atoms with Gasteiger partial charge in [-0.15, -0.1) is 0 Å². The first-order valence-electron chi connectivity index (χ1n) is 9.49. The minimum absolute atomic E-state index is 0.0172. The van der Waals surface area contributed by atoms with Crippen LogP contribution in [0.4, 0.5) is 0 Å². The van der Waals surface area contributed by atoms with Crippen LogP contribution in [0.5, 0.6) is 11.5 Å². The van der Waals surface area contributed by atoms with Gasteiger partial charge in [0.05, 0.1) is 18.1 Å². The Balaban J connectivity index is 2.06. The molecule has 1 heterocycles. The molecule has 30 heavy (non-hydrogen) atoms. The molecule has 0 amide bonds. The summed E-state index contributed by atoms with van der Waals surface area (Å²) < 4.78 is 16.7. The third-order valence-corrected chi connectivity index (χ3v) is 4.81. The van der Waals surface area contributed by atoms with E-state index < -0.39 is 11.9 Å². The molecule has 1 aliphatic rings. The van der Waals surface area contributed by atoms with Crippen LogP contribution < -0.4 is 10.5 Å². The highest BCUT2D eigenvalue weighted by Gasteiger charge is 2.37. The number of nitrogens with two attached hydrogens (primary N) is 1. The molecule has 3 rings (SSSR count). The van der Waals surface area contributed by atoms with E-state index in [0.29, 0.717) is 34.3 Å². The molecule has 0 aromatic heterocycles. The largest absolute Gasteiger partial charge is 0.463 e. The van der Waals surface area contributed by atoms with E-state index in [1.54, 1.807) is 49.4 Å². The Morgan fingerprint density at radius 3 is 2.57 bits per heavy atom. The standard InChI is InChI=1S/C23H21ClN2O4/c1-3-19-21(23(27)28-4-2)20(18(13-25)22(26)30-19)14-6-5-7-17(12-14)29-16-10-8-15(24)9-11-16/h5-12,20H,3-4,26H2,1-2H3/t20-/m1/s1. The highest BCUT2D eigenvalue weighted by Crippen LogP contribution is 2.41. The van der Waals surface area contributed by atoms with Gasteiger partial charge in [0.1, 0.15) is 28.9 Å². The van der Waals surface area contributed by atoms with Crippen molar-refractivity contribution in [1.82, 2.24) is 0 Å². The van der Waals surface area contributed by atoms with Gasteiger partial charge in [-0.1, -0.05) is 30.7 Å². The maximum absolute atomic E-state index is 12.8. The second kappa shape index (κ2) is 9.38. The van der Waals surface area contributed by atoms with Gasteiger partial charge in [-0.25, -0.2) is 4.79 Å². The summed E-state index contributed by atoms with van der Waals surface area (Å²) in [5.74, 6) is 0.262. The van der Waals surface area contributed by atoms with E-state index in [0.717, 1.165) is 0 Å². The zero-order chi connectivity index (χ0) is 21.7. The van der Waals surface area contributed by atoms with Gasteiger partial charge in [-0.3, -0.25) is 0 Å². The van der Waals surface area contributed by atoms with E-state index in [2.05, 4.69) is 6.07 Å². The Bertz CT molecular complexity index is 1050. The molecular weight excluding hydrogens is 404 g/mol. The van der Waals surface area contributed by atoms with Crippen molar-refractivity contribution in [1.29, 1.82) is 5.26 Å². The zero-order valence-electron chi connectivity index (χ0n) is 16.6. The average molecular weight is 425 g/mol. The molecule has 0 saturated heterocycles. The van der Waals surface area contributed by atoms with Crippen LogP contribution in [0.3, 0.4) is 0 Å². The second-order valence-electron chi connectivity index (χ2n) is 6.46. The highest BCUT2D eigenvalue weighted by atomic mass is 35.5. The Hall–Kier alpha value is -3.43. The lowest BCUT2D eigenvalue weighted by atomic mass is 9.82. The Morgan fingerprint density at radius 2 is 1.93 bits per heavy atom. The molecule has 0 radical (unpaired) electrons. The number of halogens is 1. The first kappa shape index (κ1) is 21.3. The van der Waals surface area contributed by atoms with Gasteiger partial charge < -0.3 is 19.9 Å². The van der Waals surface area contributed by atoms with E-state index >= 15 is 0 Å². The van der Waals surface area contributed by atoms with Crippen LogP contribution in [0.1, 0.15) is 31.7 Å². The summed E-state index contributed by atoms with van der Waals surface area (Å²) in [5.41, 5.74) is 7.09. The summed E-state index contributed by atoms with van der Waals surface area (Å²) in [5, 5.41) is 10.3. The Morgan fingerprint density at radius 1 is 1.20 bits per heavy atom. The lowest BCUT2D eigenvalue weighted by molar-refractivity contribution is -0.139. The van der Waals surface area contributed by atoms with E-state index in [1.807, 2.05) is 13.0 Å². The average Bonchev–Trinajstić information content (AvgIpc) is 2.74. The van der Waals surface area contributed by atoms with Crippen LogP contribution in [0, 0.1) is 11.3 Å². The van der Waals surface area contributed by atoms with Crippen molar-refractivity contribution < 1.29 is 19.0 Å². The monoisotopic (exact) mass is 424 g/mol. The van der Waals surface area contributed by atoms with Gasteiger partial charge in [0.15, 0.2) is 0 Å². The highest BCUT2D eigenvalue weighted by molar-refractivity contribution is 6.30. The Kier molecular flexibility index (Phi) is 6.65. The SMILES string of the molecule is CCOC(=O)C1=C(CC)OC(N)=C(C#N)[C@H]1c1cccc(Oc2ccc(Cl)cc2)c1. The molecule has 1 atom stereocenters. The number of esters is 1. The maximum Gasteiger partial charge on any atom is 0.338 e. The number of carbonyl (C=O) groups is 1. The molecule has 0 spiro atoms. The van der Waals surface area contributed by atoms with Crippen LogP contribution in [0.2, 0.25) is 5.02 Å². The molecule has 0 bridgehead atoms. The van der Waals surface area contributed by atoms with Crippen molar-refractivity contribution in [2.75, 3.05) is 6.61 Å². The molecule has 0 unspecified atom stereocenters. The van der Waals surface area contributed by atoms with Crippen LogP contribution in [0.15, 0.2) is 71.3 Å². The van der Waals surface area contributed by atoms with Gasteiger partial charge in [-0.2, -0.15) is 5.26 Å². The van der Waals surface area contributed by atoms with Gasteiger partial charge in [0.25, 0.3) is 0 Å². The van der Waals surface area contributed by atoms with Crippen LogP contribution in [-0.2, 0) is 14.3 Å². The maximum atomic E-state index is 12.8. The van der Waals surface area contributed by atoms with Crippen molar-refractivity contribution >= 4 is 17.6 Å². The summed E-state index contributed by atoms with van der Waals surface area (Å²) in [6.07, 6.45) is 0.422. The van der Waals surface area contributed by atoms with E-state index in [-0.39, 0.29) is 23.6 Å². The number of rotatable bonds is 6. The van der Waals surface area contributed by atoms with E-state index in [4.69, 9.17) is 31.5 Å². The van der Waals surface area contributed by atoms with E-state index in [9.17, 15) is 10.1 Å². The summed E-state index contributed by atoms with van der Waals surface area (Å²) in [6.45, 7) is 3.77. The number of benzene rings is 2. The number of carbonyl (C=O) groups excluding carboxylic acids is 1. The van der Waals surface area contributed by atoms with Crippen molar-refractivity contribution in [3.8, 4) is 17.6 Å². The smallest absolute Gasteiger partial charge is 0.338 e. The molecule has 0 fully saturated rings. The zero-order valence-corrected chi connectivity index (χ0v) is 17.4. The van der Waals surface area contributed by atoms with E-state index in [1.165, 1.54) is 0 Å². The number of nitriles is 1. The van der Waals surface area contributed by atoms with Gasteiger partial charge in [0.2, 0.25) is 5.88 Å². The first-order chi connectivity index (χ1) is 14.5. The Labute approximate surface area is 180 Å². The molecule has 0 aliphatic carbocycles. The minimum Gasteiger partial charge on any atom is -0.463 e. The van der Waals surface area contributed by atoms with Crippen LogP contribution in [0.25, 0.3) is 0 Å². The summed E-state index contributed by atoms with van der Waals surface area (Å²) in [6, 6.07) is 16.2. The molecule has 154 valence electrons. The predicted molar refractivity (Wildman–Crippen MR) is 113 cm³/mol. The van der Waals surface area contributed by atoms with Gasteiger partial charge in [-0.05, 0) is 48.9 Å². The molecule has 1 aliphatic heterocycles. The fourth-order valence-electron chi connectivity index (χ4n) is 3.24. The summed E-state index contributed by atoms with van der Waals surface area (Å²) in [7, 11) is 0. The van der Waals surface area contributed by atoms with Crippen LogP contribution in [-0.4, -0.2) is 12.6 Å². The van der Waals surface area contributed by atoms with Crippen molar-refractivity contribution in [3.63, 3.8) is 0 Å². The summed E-state index contributed by atoms with van der Waals surface area (Å²) in [4.78, 5) is 12.8. The molecule has 2 aromatic rings. The number of nitrogens with zero attached hydrogens (tertiary/aromatic N) is 1. The lowest BCUT2D eigenvalue weighted by Gasteiger charge is -2.28. The molecule has 2 aromatic carbocycles. The molecule has 0 saturated carbocycles. The second-order valence-corrected chi connectivity index (χ2v) is 6.90. The number of hydrogen-bond donors (Lipinski definition) is 1. The third kappa shape index (κ3) is 4.42. The van der Waals surface area contributed by atoms with Crippen molar-refractivity contribution in [3.05, 3.63) is 81.9 Å². The van der Waals surface area contributed by atoms with Gasteiger partial charge in [0, 0.05) is 11.4 Å². The van der Waals surface area contributed by atoms with Crippen molar-refractivity contribution in [2.24, 2.45) is 5.73 Å². The number of allylic oxidation sites excluding steroid dienone is 2. The fourth-order valence-corrected chi connectivity index (χ4v) is 3.37. The number of ether oxygens (including phenoxy) is 3. The predicted octanol–water partition coefficient (Wildman–Crippen LogP) is 5.17. The van der Waals surface area contributed by atoms with Crippen molar-refractivity contribution in [2.45, 2.75) is 26.2 Å². The third-order valence-electron chi connectivity index (χ3n) is 4.55. The lowest BCUT2D eigenvalue weighted by Crippen LogP contribution is -2.26. The normalized spacial score (nSPS) is 16.0.